The van der Waals surface area contributed by atoms with Gasteiger partial charge in [-0.1, -0.05) is 17.8 Å². The third-order valence-electron chi connectivity index (χ3n) is 4.66. The Hall–Kier alpha value is -2.06. The molecule has 4 rings (SSSR count). The average molecular weight is 418 g/mol. The van der Waals surface area contributed by atoms with Crippen molar-refractivity contribution in [1.29, 1.82) is 0 Å². The zero-order valence-electron chi connectivity index (χ0n) is 16.1. The number of nitrogens with zero attached hydrogens (tertiary/aromatic N) is 2. The summed E-state index contributed by atoms with van der Waals surface area (Å²) in [5.74, 6) is -0.342. The molecule has 0 unspecified atom stereocenters. The monoisotopic (exact) mass is 417 g/mol. The average Bonchev–Trinajstić information content (AvgIpc) is 3.12. The van der Waals surface area contributed by atoms with Crippen molar-refractivity contribution in [1.82, 2.24) is 10.2 Å². The summed E-state index contributed by atoms with van der Waals surface area (Å²) in [7, 11) is 0. The lowest BCUT2D eigenvalue weighted by atomic mass is 9.99. The molecule has 1 aromatic heterocycles. The molecule has 1 aromatic rings. The molecular formula is C20H23N3O3S2. The molecule has 1 atom stereocenters. The Morgan fingerprint density at radius 2 is 2.18 bits per heavy atom. The molecule has 148 valence electrons. The van der Waals surface area contributed by atoms with E-state index in [-0.39, 0.29) is 30.4 Å². The topological polar surface area (TPSA) is 71.0 Å². The standard InChI is InChI=1S/C20H23N3O3S2/c1-11(2)26-19(25)17-12(3)21-20-23(18(17)15-5-4-8-27-15)14(10-28-20)9-16(24)22-13-6-7-13/h4-5,8,10-11,13,18H,6-7,9H2,1-3H3,(H,22,24)/t18-/m0/s1. The van der Waals surface area contributed by atoms with Crippen LogP contribution in [0.4, 0.5) is 0 Å². The fraction of sp³-hybridized carbons (Fsp3) is 0.450. The minimum absolute atomic E-state index is 0.0121. The minimum atomic E-state index is -0.354. The smallest absolute Gasteiger partial charge is 0.338 e. The third-order valence-corrected chi connectivity index (χ3v) is 6.47. The van der Waals surface area contributed by atoms with E-state index in [4.69, 9.17) is 4.74 Å². The second-order valence-electron chi connectivity index (χ2n) is 7.38. The van der Waals surface area contributed by atoms with Crippen LogP contribution in [0.2, 0.25) is 0 Å². The number of fused-ring (bicyclic) bond motifs is 1. The van der Waals surface area contributed by atoms with Crippen molar-refractivity contribution < 1.29 is 14.3 Å². The van der Waals surface area contributed by atoms with Crippen molar-refractivity contribution in [2.75, 3.05) is 0 Å². The van der Waals surface area contributed by atoms with Gasteiger partial charge in [0.05, 0.1) is 23.8 Å². The Morgan fingerprint density at radius 3 is 2.82 bits per heavy atom. The van der Waals surface area contributed by atoms with Crippen LogP contribution in [0.5, 0.6) is 0 Å². The maximum absolute atomic E-state index is 12.9. The maximum atomic E-state index is 12.9. The van der Waals surface area contributed by atoms with Crippen LogP contribution in [0.25, 0.3) is 0 Å². The van der Waals surface area contributed by atoms with E-state index in [9.17, 15) is 9.59 Å². The normalized spacial score (nSPS) is 21.4. The third kappa shape index (κ3) is 3.89. The van der Waals surface area contributed by atoms with Crippen LogP contribution in [-0.4, -0.2) is 34.1 Å². The van der Waals surface area contributed by atoms with Gasteiger partial charge in [0.15, 0.2) is 5.17 Å². The first kappa shape index (κ1) is 19.3. The van der Waals surface area contributed by atoms with Gasteiger partial charge in [-0.05, 0) is 50.5 Å². The lowest BCUT2D eigenvalue weighted by molar-refractivity contribution is -0.143. The number of hydrogen-bond acceptors (Lipinski definition) is 7. The Kier molecular flexibility index (Phi) is 5.33. The molecule has 8 heteroatoms. The van der Waals surface area contributed by atoms with Crippen LogP contribution in [0, 0.1) is 0 Å². The van der Waals surface area contributed by atoms with Gasteiger partial charge in [0, 0.05) is 16.6 Å². The molecule has 1 saturated carbocycles. The fourth-order valence-electron chi connectivity index (χ4n) is 3.30. The van der Waals surface area contributed by atoms with Gasteiger partial charge < -0.3 is 15.0 Å². The molecule has 0 aromatic carbocycles. The Morgan fingerprint density at radius 1 is 1.39 bits per heavy atom. The summed E-state index contributed by atoms with van der Waals surface area (Å²) in [6.07, 6.45) is 2.17. The molecule has 1 amide bonds. The van der Waals surface area contributed by atoms with Gasteiger partial charge in [-0.15, -0.1) is 11.3 Å². The van der Waals surface area contributed by atoms with Gasteiger partial charge in [0.1, 0.15) is 6.04 Å². The van der Waals surface area contributed by atoms with Crippen LogP contribution in [0.3, 0.4) is 0 Å². The van der Waals surface area contributed by atoms with Gasteiger partial charge >= 0.3 is 5.97 Å². The predicted octanol–water partition coefficient (Wildman–Crippen LogP) is 3.94. The molecular weight excluding hydrogens is 394 g/mol. The molecule has 0 saturated heterocycles. The number of nitrogens with one attached hydrogen (secondary N) is 1. The van der Waals surface area contributed by atoms with Crippen molar-refractivity contribution in [3.63, 3.8) is 0 Å². The van der Waals surface area contributed by atoms with Gasteiger partial charge in [-0.3, -0.25) is 4.79 Å². The Labute approximate surface area is 172 Å². The molecule has 6 nitrogen and oxygen atoms in total. The molecule has 1 aliphatic carbocycles. The van der Waals surface area contributed by atoms with Crippen LogP contribution in [0.15, 0.2) is 44.9 Å². The van der Waals surface area contributed by atoms with E-state index < -0.39 is 0 Å². The summed E-state index contributed by atoms with van der Waals surface area (Å²) in [4.78, 5) is 33.0. The summed E-state index contributed by atoms with van der Waals surface area (Å²) in [6, 6.07) is 3.98. The highest BCUT2D eigenvalue weighted by atomic mass is 32.2. The highest BCUT2D eigenvalue weighted by molar-refractivity contribution is 8.16. The number of esters is 1. The summed E-state index contributed by atoms with van der Waals surface area (Å²) >= 11 is 3.08. The summed E-state index contributed by atoms with van der Waals surface area (Å²) < 4.78 is 5.52. The van der Waals surface area contributed by atoms with Crippen LogP contribution >= 0.6 is 23.1 Å². The van der Waals surface area contributed by atoms with Crippen molar-refractivity contribution >= 4 is 40.1 Å². The minimum Gasteiger partial charge on any atom is -0.459 e. The van der Waals surface area contributed by atoms with Crippen LogP contribution in [0.1, 0.15) is 51.0 Å². The van der Waals surface area contributed by atoms with E-state index in [1.54, 1.807) is 11.3 Å². The van der Waals surface area contributed by atoms with Crippen molar-refractivity contribution in [2.24, 2.45) is 4.99 Å². The first-order chi connectivity index (χ1) is 13.4. The van der Waals surface area contributed by atoms with E-state index >= 15 is 0 Å². The van der Waals surface area contributed by atoms with Crippen LogP contribution in [-0.2, 0) is 14.3 Å². The lowest BCUT2D eigenvalue weighted by Crippen LogP contribution is -2.38. The van der Waals surface area contributed by atoms with Gasteiger partial charge in [-0.2, -0.15) is 0 Å². The largest absolute Gasteiger partial charge is 0.459 e. The van der Waals surface area contributed by atoms with Gasteiger partial charge in [-0.25, -0.2) is 9.79 Å². The number of thioether (sulfide) groups is 1. The molecule has 1 N–H and O–H groups in total. The maximum Gasteiger partial charge on any atom is 0.338 e. The van der Waals surface area contributed by atoms with E-state index in [2.05, 4.69) is 10.3 Å². The highest BCUT2D eigenvalue weighted by Gasteiger charge is 2.42. The van der Waals surface area contributed by atoms with Crippen molar-refractivity contribution in [3.05, 3.63) is 44.8 Å². The first-order valence-electron chi connectivity index (χ1n) is 9.42. The second-order valence-corrected chi connectivity index (χ2v) is 9.20. The Bertz CT molecular complexity index is 883. The quantitative estimate of drug-likeness (QED) is 0.710. The number of carbonyl (C=O) groups is 2. The molecule has 3 heterocycles. The van der Waals surface area contributed by atoms with E-state index in [1.807, 2.05) is 48.6 Å². The van der Waals surface area contributed by atoms with E-state index in [0.717, 1.165) is 28.6 Å². The zero-order chi connectivity index (χ0) is 19.8. The summed E-state index contributed by atoms with van der Waals surface area (Å²) in [5, 5.41) is 7.80. The molecule has 1 fully saturated rings. The molecule has 0 radical (unpaired) electrons. The van der Waals surface area contributed by atoms with Gasteiger partial charge in [0.25, 0.3) is 0 Å². The van der Waals surface area contributed by atoms with E-state index in [1.165, 1.54) is 11.8 Å². The zero-order valence-corrected chi connectivity index (χ0v) is 17.7. The van der Waals surface area contributed by atoms with Crippen molar-refractivity contribution in [3.8, 4) is 0 Å². The highest BCUT2D eigenvalue weighted by Crippen LogP contribution is 2.46. The number of thiophene rings is 1. The second kappa shape index (κ2) is 7.75. The van der Waals surface area contributed by atoms with Crippen molar-refractivity contribution in [2.45, 2.75) is 58.2 Å². The molecule has 2 aliphatic heterocycles. The number of hydrogen-bond donors (Lipinski definition) is 1. The number of rotatable bonds is 6. The van der Waals surface area contributed by atoms with E-state index in [0.29, 0.717) is 17.3 Å². The molecule has 28 heavy (non-hydrogen) atoms. The molecule has 3 aliphatic rings. The summed E-state index contributed by atoms with van der Waals surface area (Å²) in [6.45, 7) is 5.52. The number of ether oxygens (including phenoxy) is 1. The van der Waals surface area contributed by atoms with Crippen LogP contribution < -0.4 is 5.32 Å². The van der Waals surface area contributed by atoms with Gasteiger partial charge in [0.2, 0.25) is 5.91 Å². The Balaban J connectivity index is 1.67. The lowest BCUT2D eigenvalue weighted by Gasteiger charge is -2.35. The summed E-state index contributed by atoms with van der Waals surface area (Å²) in [5.41, 5.74) is 2.07. The number of amides is 1. The SMILES string of the molecule is CC1=C(C(=O)OC(C)C)[C@H](c2cccs2)N2C(CC(=O)NC3CC3)=CSC2=N1. The number of carbonyl (C=O) groups excluding carboxylic acids is 2. The molecule has 0 bridgehead atoms. The number of amidine groups is 1. The molecule has 0 spiro atoms. The first-order valence-corrected chi connectivity index (χ1v) is 11.2. The number of aliphatic imine (C=N–C) groups is 1. The predicted molar refractivity (Wildman–Crippen MR) is 112 cm³/mol. The fourth-order valence-corrected chi connectivity index (χ4v) is 5.08. The number of allylic oxidation sites excluding steroid dienone is 1.